The van der Waals surface area contributed by atoms with Crippen LogP contribution < -0.4 is 10.6 Å². The number of alkyl halides is 2. The van der Waals surface area contributed by atoms with Gasteiger partial charge in [-0.25, -0.2) is 8.78 Å². The number of aromatic hydroxyl groups is 1. The average Bonchev–Trinajstić information content (AvgIpc) is 3.36. The molecule has 0 saturated heterocycles. The van der Waals surface area contributed by atoms with Crippen LogP contribution in [0.25, 0.3) is 0 Å². The summed E-state index contributed by atoms with van der Waals surface area (Å²) in [7, 11) is 0. The highest BCUT2D eigenvalue weighted by Gasteiger charge is 2.67. The van der Waals surface area contributed by atoms with E-state index in [1.165, 1.54) is 24.3 Å². The van der Waals surface area contributed by atoms with Crippen molar-refractivity contribution in [3.05, 3.63) is 86.4 Å². The molecule has 1 saturated carbocycles. The van der Waals surface area contributed by atoms with Crippen LogP contribution >= 0.6 is 58.0 Å². The smallest absolute Gasteiger partial charge is 0.257 e. The fraction of sp³-hybridized carbons (Fsp3) is 0.130. The number of rotatable bonds is 5. The minimum absolute atomic E-state index is 0.00542. The van der Waals surface area contributed by atoms with E-state index in [4.69, 9.17) is 58.0 Å². The maximum Gasteiger partial charge on any atom is 0.257 e. The molecule has 0 unspecified atom stereocenters. The molecule has 0 spiro atoms. The molecule has 1 fully saturated rings. The Bertz CT molecular complexity index is 1350. The molecule has 3 aromatic carbocycles. The fourth-order valence-corrected chi connectivity index (χ4v) is 5.22. The lowest BCUT2D eigenvalue weighted by molar-refractivity contribution is -0.117. The summed E-state index contributed by atoms with van der Waals surface area (Å²) in [5.74, 6) is -6.58. The molecule has 0 heterocycles. The SMILES string of the molecule is O=C(Nc1ccc(F)c(O)c1F)c1cc(NC(=O)[C@H]2[C@H](c3cc(Cl)cc(Cl)c3)C2(Cl)Cl)ccc1Cl. The van der Waals surface area contributed by atoms with Crippen molar-refractivity contribution in [2.75, 3.05) is 10.6 Å². The molecule has 182 valence electrons. The highest BCUT2D eigenvalue weighted by Crippen LogP contribution is 2.65. The van der Waals surface area contributed by atoms with Crippen LogP contribution in [0.2, 0.25) is 15.1 Å². The number of carbonyl (C=O) groups excluding carboxylic acids is 2. The number of hydrogen-bond donors (Lipinski definition) is 3. The molecular weight excluding hydrogens is 568 g/mol. The van der Waals surface area contributed by atoms with Gasteiger partial charge in [0.25, 0.3) is 5.91 Å². The van der Waals surface area contributed by atoms with Gasteiger partial charge >= 0.3 is 0 Å². The first kappa shape index (κ1) is 25.8. The average molecular weight is 581 g/mol. The van der Waals surface area contributed by atoms with Crippen molar-refractivity contribution in [1.29, 1.82) is 0 Å². The van der Waals surface area contributed by atoms with Gasteiger partial charge in [-0.1, -0.05) is 34.8 Å². The van der Waals surface area contributed by atoms with Crippen molar-refractivity contribution in [2.45, 2.75) is 10.3 Å². The zero-order valence-corrected chi connectivity index (χ0v) is 21.0. The molecular formula is C23H13Cl5F2N2O3. The van der Waals surface area contributed by atoms with E-state index in [1.807, 2.05) is 0 Å². The van der Waals surface area contributed by atoms with Crippen LogP contribution in [0.4, 0.5) is 20.2 Å². The van der Waals surface area contributed by atoms with Gasteiger partial charge in [0.15, 0.2) is 17.4 Å². The van der Waals surface area contributed by atoms with Gasteiger partial charge in [0.1, 0.15) is 4.33 Å². The number of hydrogen-bond acceptors (Lipinski definition) is 3. The minimum Gasteiger partial charge on any atom is -0.503 e. The molecule has 0 radical (unpaired) electrons. The molecule has 0 aromatic heterocycles. The first-order chi connectivity index (χ1) is 16.4. The molecule has 1 aliphatic rings. The standard InChI is InChI=1S/C23H13Cl5F2N2O3/c24-10-5-9(6-11(25)7-10)17-18(23(17,27)28)22(35)31-12-1-2-14(26)13(8-12)21(34)32-16-4-3-15(29)20(33)19(16)30/h1-8,17-18,33H,(H,31,35)(H,32,34)/t17-,18+/m0/s1. The Morgan fingerprint density at radius 3 is 2.23 bits per heavy atom. The monoisotopic (exact) mass is 578 g/mol. The summed E-state index contributed by atoms with van der Waals surface area (Å²) in [6.07, 6.45) is 0. The summed E-state index contributed by atoms with van der Waals surface area (Å²) < 4.78 is 25.9. The molecule has 0 bridgehead atoms. The van der Waals surface area contributed by atoms with Gasteiger partial charge in [-0.15, -0.1) is 23.2 Å². The van der Waals surface area contributed by atoms with Crippen LogP contribution in [-0.2, 0) is 4.79 Å². The van der Waals surface area contributed by atoms with E-state index in [2.05, 4.69) is 10.6 Å². The summed E-state index contributed by atoms with van der Waals surface area (Å²) in [5, 5.41) is 14.9. The predicted octanol–water partition coefficient (Wildman–Crippen LogP) is 7.41. The first-order valence-corrected chi connectivity index (χ1v) is 11.7. The Balaban J connectivity index is 1.52. The fourth-order valence-electron chi connectivity index (χ4n) is 3.65. The highest BCUT2D eigenvalue weighted by molar-refractivity contribution is 6.53. The van der Waals surface area contributed by atoms with E-state index in [0.29, 0.717) is 15.6 Å². The molecule has 1 aliphatic carbocycles. The number of carbonyl (C=O) groups is 2. The highest BCUT2D eigenvalue weighted by atomic mass is 35.5. The summed E-state index contributed by atoms with van der Waals surface area (Å²) >= 11 is 30.9. The molecule has 2 amide bonds. The van der Waals surface area contributed by atoms with Crippen molar-refractivity contribution in [3.8, 4) is 5.75 Å². The van der Waals surface area contributed by atoms with Gasteiger partial charge in [-0.3, -0.25) is 9.59 Å². The van der Waals surface area contributed by atoms with Crippen LogP contribution in [0.15, 0.2) is 48.5 Å². The maximum atomic E-state index is 14.0. The minimum atomic E-state index is -1.41. The lowest BCUT2D eigenvalue weighted by atomic mass is 10.1. The third kappa shape index (κ3) is 5.15. The number of phenols is 1. The summed E-state index contributed by atoms with van der Waals surface area (Å²) in [4.78, 5) is 25.6. The molecule has 3 N–H and O–H groups in total. The summed E-state index contributed by atoms with van der Waals surface area (Å²) in [6, 6.07) is 10.5. The van der Waals surface area contributed by atoms with Crippen LogP contribution in [0.1, 0.15) is 21.8 Å². The molecule has 5 nitrogen and oxygen atoms in total. The lowest BCUT2D eigenvalue weighted by Gasteiger charge is -2.11. The number of nitrogens with one attached hydrogen (secondary N) is 2. The van der Waals surface area contributed by atoms with Crippen LogP contribution in [0, 0.1) is 17.6 Å². The Kier molecular flexibility index (Phi) is 7.10. The van der Waals surface area contributed by atoms with Crippen LogP contribution in [0.3, 0.4) is 0 Å². The number of amides is 2. The second kappa shape index (κ2) is 9.64. The van der Waals surface area contributed by atoms with Gasteiger partial charge in [0.05, 0.1) is 22.2 Å². The number of halogens is 7. The Hall–Kier alpha value is -2.29. The Labute approximate surface area is 222 Å². The van der Waals surface area contributed by atoms with Crippen molar-refractivity contribution in [3.63, 3.8) is 0 Å². The van der Waals surface area contributed by atoms with Gasteiger partial charge in [0, 0.05) is 21.7 Å². The van der Waals surface area contributed by atoms with Crippen molar-refractivity contribution in [2.24, 2.45) is 5.92 Å². The zero-order chi connectivity index (χ0) is 25.7. The molecule has 2 atom stereocenters. The lowest BCUT2D eigenvalue weighted by Crippen LogP contribution is -2.18. The third-order valence-corrected chi connectivity index (χ3v) is 7.08. The zero-order valence-electron chi connectivity index (χ0n) is 17.2. The normalized spacial score (nSPS) is 18.1. The maximum absolute atomic E-state index is 14.0. The Morgan fingerprint density at radius 1 is 0.914 bits per heavy atom. The largest absolute Gasteiger partial charge is 0.503 e. The molecule has 0 aliphatic heterocycles. The molecule has 12 heteroatoms. The number of phenolic OH excluding ortho intramolecular Hbond substituents is 1. The molecule has 35 heavy (non-hydrogen) atoms. The Morgan fingerprint density at radius 2 is 1.57 bits per heavy atom. The third-order valence-electron chi connectivity index (χ3n) is 5.37. The van der Waals surface area contributed by atoms with E-state index < -0.39 is 51.1 Å². The molecule has 4 rings (SSSR count). The topological polar surface area (TPSA) is 78.4 Å². The summed E-state index contributed by atoms with van der Waals surface area (Å²) in [5.41, 5.74) is 0.193. The van der Waals surface area contributed by atoms with Gasteiger partial charge in [0.2, 0.25) is 5.91 Å². The van der Waals surface area contributed by atoms with Crippen LogP contribution in [-0.4, -0.2) is 21.3 Å². The van der Waals surface area contributed by atoms with Gasteiger partial charge in [-0.05, 0) is 54.1 Å². The van der Waals surface area contributed by atoms with E-state index in [0.717, 1.165) is 12.1 Å². The van der Waals surface area contributed by atoms with Crippen LogP contribution in [0.5, 0.6) is 5.75 Å². The molecule has 3 aromatic rings. The number of benzene rings is 3. The quantitative estimate of drug-likeness (QED) is 0.275. The first-order valence-electron chi connectivity index (χ1n) is 9.82. The van der Waals surface area contributed by atoms with Gasteiger partial charge < -0.3 is 15.7 Å². The van der Waals surface area contributed by atoms with E-state index in [-0.39, 0.29) is 16.3 Å². The van der Waals surface area contributed by atoms with Gasteiger partial charge in [-0.2, -0.15) is 0 Å². The van der Waals surface area contributed by atoms with E-state index in [9.17, 15) is 23.5 Å². The van der Waals surface area contributed by atoms with Crippen molar-refractivity contribution >= 4 is 81.2 Å². The van der Waals surface area contributed by atoms with Crippen molar-refractivity contribution in [1.82, 2.24) is 0 Å². The predicted molar refractivity (Wildman–Crippen MR) is 133 cm³/mol. The summed E-state index contributed by atoms with van der Waals surface area (Å²) in [6.45, 7) is 0. The second-order valence-electron chi connectivity index (χ2n) is 7.73. The van der Waals surface area contributed by atoms with E-state index in [1.54, 1.807) is 12.1 Å². The second-order valence-corrected chi connectivity index (χ2v) is 10.5. The number of anilines is 2. The van der Waals surface area contributed by atoms with E-state index >= 15 is 0 Å². The van der Waals surface area contributed by atoms with Crippen molar-refractivity contribution < 1.29 is 23.5 Å².